The molecule has 0 unspecified atom stereocenters. The zero-order valence-corrected chi connectivity index (χ0v) is 7.28. The molecular formula is C8H14O4. The lowest BCUT2D eigenvalue weighted by Gasteiger charge is -2.16. The standard InChI is InChI=1S/C8H14O4/c1-3-5(7(9)10)6(4-2)8(11)12/h5-6H,3-4H2,1-2H3,(H,9,10)(H,11,12)/t5-,6+. The van der Waals surface area contributed by atoms with Crippen LogP contribution in [-0.4, -0.2) is 22.2 Å². The third-order valence-corrected chi connectivity index (χ3v) is 2.00. The first kappa shape index (κ1) is 10.9. The maximum absolute atomic E-state index is 10.6. The summed E-state index contributed by atoms with van der Waals surface area (Å²) in [4.78, 5) is 21.1. The van der Waals surface area contributed by atoms with Crippen LogP contribution in [0.2, 0.25) is 0 Å². The molecule has 0 aromatic rings. The van der Waals surface area contributed by atoms with Crippen molar-refractivity contribution in [3.8, 4) is 0 Å². The molecule has 0 aliphatic carbocycles. The van der Waals surface area contributed by atoms with E-state index in [-0.39, 0.29) is 0 Å². The molecule has 0 aromatic carbocycles. The highest BCUT2D eigenvalue weighted by Gasteiger charge is 2.30. The van der Waals surface area contributed by atoms with Crippen molar-refractivity contribution in [3.63, 3.8) is 0 Å². The Morgan fingerprint density at radius 1 is 1.00 bits per heavy atom. The minimum atomic E-state index is -1.02. The van der Waals surface area contributed by atoms with Crippen LogP contribution >= 0.6 is 0 Å². The second-order valence-electron chi connectivity index (χ2n) is 2.71. The average Bonchev–Trinajstić information content (AvgIpc) is 1.98. The summed E-state index contributed by atoms with van der Waals surface area (Å²) in [6, 6.07) is 0. The molecule has 2 N–H and O–H groups in total. The van der Waals surface area contributed by atoms with Gasteiger partial charge in [0.2, 0.25) is 0 Å². The Morgan fingerprint density at radius 2 is 1.25 bits per heavy atom. The monoisotopic (exact) mass is 174 g/mol. The third kappa shape index (κ3) is 2.53. The summed E-state index contributed by atoms with van der Waals surface area (Å²) in [6.45, 7) is 3.37. The Morgan fingerprint density at radius 3 is 1.33 bits per heavy atom. The fraction of sp³-hybridized carbons (Fsp3) is 0.750. The van der Waals surface area contributed by atoms with E-state index in [1.165, 1.54) is 0 Å². The predicted octanol–water partition coefficient (Wildman–Crippen LogP) is 1.21. The molecule has 0 aliphatic rings. The fourth-order valence-corrected chi connectivity index (χ4v) is 1.26. The Balaban J connectivity index is 4.44. The molecular weight excluding hydrogens is 160 g/mol. The van der Waals surface area contributed by atoms with Gasteiger partial charge in [-0.25, -0.2) is 0 Å². The first-order valence-corrected chi connectivity index (χ1v) is 4.00. The summed E-state index contributed by atoms with van der Waals surface area (Å²) in [5.74, 6) is -3.56. The van der Waals surface area contributed by atoms with Gasteiger partial charge in [0.25, 0.3) is 0 Å². The lowest BCUT2D eigenvalue weighted by Crippen LogP contribution is -2.28. The van der Waals surface area contributed by atoms with Crippen molar-refractivity contribution < 1.29 is 19.8 Å². The van der Waals surface area contributed by atoms with Crippen molar-refractivity contribution in [1.29, 1.82) is 0 Å². The molecule has 0 saturated carbocycles. The number of carboxylic acid groups (broad SMARTS) is 2. The molecule has 0 amide bonds. The molecule has 2 atom stereocenters. The van der Waals surface area contributed by atoms with Crippen LogP contribution in [0.25, 0.3) is 0 Å². The molecule has 0 rings (SSSR count). The maximum Gasteiger partial charge on any atom is 0.307 e. The predicted molar refractivity (Wildman–Crippen MR) is 42.8 cm³/mol. The topological polar surface area (TPSA) is 74.6 Å². The van der Waals surface area contributed by atoms with Crippen molar-refractivity contribution >= 4 is 11.9 Å². The van der Waals surface area contributed by atoms with Gasteiger partial charge in [-0.15, -0.1) is 0 Å². The Kier molecular flexibility index (Phi) is 4.33. The Labute approximate surface area is 71.2 Å². The van der Waals surface area contributed by atoms with Crippen LogP contribution in [0.4, 0.5) is 0 Å². The van der Waals surface area contributed by atoms with Gasteiger partial charge in [-0.2, -0.15) is 0 Å². The lowest BCUT2D eigenvalue weighted by molar-refractivity contribution is -0.154. The lowest BCUT2D eigenvalue weighted by atomic mass is 9.88. The minimum Gasteiger partial charge on any atom is -0.481 e. The number of hydrogen-bond acceptors (Lipinski definition) is 2. The van der Waals surface area contributed by atoms with E-state index in [4.69, 9.17) is 10.2 Å². The largest absolute Gasteiger partial charge is 0.481 e. The van der Waals surface area contributed by atoms with Crippen LogP contribution in [0.3, 0.4) is 0 Å². The highest BCUT2D eigenvalue weighted by Crippen LogP contribution is 2.19. The minimum absolute atomic E-state index is 0.361. The van der Waals surface area contributed by atoms with Crippen LogP contribution in [0.1, 0.15) is 26.7 Å². The van der Waals surface area contributed by atoms with E-state index in [1.54, 1.807) is 13.8 Å². The van der Waals surface area contributed by atoms with E-state index >= 15 is 0 Å². The van der Waals surface area contributed by atoms with Crippen molar-refractivity contribution in [2.75, 3.05) is 0 Å². The fourth-order valence-electron chi connectivity index (χ4n) is 1.26. The SMILES string of the molecule is CC[C@H](C(=O)O)[C@@H](CC)C(=O)O. The molecule has 0 aliphatic heterocycles. The van der Waals surface area contributed by atoms with E-state index in [1.807, 2.05) is 0 Å². The van der Waals surface area contributed by atoms with E-state index in [0.717, 1.165) is 0 Å². The molecule has 0 fully saturated rings. The normalized spacial score (nSPS) is 15.2. The van der Waals surface area contributed by atoms with Crippen LogP contribution in [0.15, 0.2) is 0 Å². The Bertz CT molecular complexity index is 156. The van der Waals surface area contributed by atoms with Crippen LogP contribution in [0, 0.1) is 11.8 Å². The maximum atomic E-state index is 10.6. The van der Waals surface area contributed by atoms with Gasteiger partial charge in [-0.05, 0) is 12.8 Å². The van der Waals surface area contributed by atoms with Gasteiger partial charge in [-0.3, -0.25) is 9.59 Å². The third-order valence-electron chi connectivity index (χ3n) is 2.00. The zero-order valence-electron chi connectivity index (χ0n) is 7.28. The highest BCUT2D eigenvalue weighted by atomic mass is 16.4. The van der Waals surface area contributed by atoms with Gasteiger partial charge in [0.15, 0.2) is 0 Å². The van der Waals surface area contributed by atoms with E-state index in [2.05, 4.69) is 0 Å². The van der Waals surface area contributed by atoms with Gasteiger partial charge < -0.3 is 10.2 Å². The van der Waals surface area contributed by atoms with Gasteiger partial charge in [0.05, 0.1) is 11.8 Å². The molecule has 70 valence electrons. The molecule has 0 radical (unpaired) electrons. The second-order valence-corrected chi connectivity index (χ2v) is 2.71. The molecule has 0 spiro atoms. The van der Waals surface area contributed by atoms with Crippen molar-refractivity contribution in [3.05, 3.63) is 0 Å². The molecule has 4 nitrogen and oxygen atoms in total. The first-order chi connectivity index (χ1) is 5.54. The first-order valence-electron chi connectivity index (χ1n) is 4.00. The van der Waals surface area contributed by atoms with Crippen molar-refractivity contribution in [1.82, 2.24) is 0 Å². The van der Waals surface area contributed by atoms with Crippen molar-refractivity contribution in [2.24, 2.45) is 11.8 Å². The smallest absolute Gasteiger partial charge is 0.307 e. The highest BCUT2D eigenvalue weighted by molar-refractivity contribution is 5.79. The van der Waals surface area contributed by atoms with Gasteiger partial charge in [0.1, 0.15) is 0 Å². The number of aliphatic carboxylic acids is 2. The molecule has 4 heteroatoms. The summed E-state index contributed by atoms with van der Waals surface area (Å²) in [5.41, 5.74) is 0. The van der Waals surface area contributed by atoms with E-state index in [9.17, 15) is 9.59 Å². The summed E-state index contributed by atoms with van der Waals surface area (Å²) >= 11 is 0. The van der Waals surface area contributed by atoms with Crippen LogP contribution < -0.4 is 0 Å². The van der Waals surface area contributed by atoms with Gasteiger partial charge in [-0.1, -0.05) is 13.8 Å². The average molecular weight is 174 g/mol. The number of carboxylic acids is 2. The van der Waals surface area contributed by atoms with E-state index < -0.39 is 23.8 Å². The number of carbonyl (C=O) groups is 2. The molecule has 0 heterocycles. The van der Waals surface area contributed by atoms with Gasteiger partial charge in [0, 0.05) is 0 Å². The van der Waals surface area contributed by atoms with Crippen LogP contribution in [0.5, 0.6) is 0 Å². The molecule has 12 heavy (non-hydrogen) atoms. The summed E-state index contributed by atoms with van der Waals surface area (Å²) in [6.07, 6.45) is 0.723. The number of hydrogen-bond donors (Lipinski definition) is 2. The zero-order chi connectivity index (χ0) is 9.72. The molecule has 0 saturated heterocycles. The number of rotatable bonds is 5. The summed E-state index contributed by atoms with van der Waals surface area (Å²) in [5, 5.41) is 17.3. The van der Waals surface area contributed by atoms with Crippen LogP contribution in [-0.2, 0) is 9.59 Å². The Hall–Kier alpha value is -1.06. The second kappa shape index (κ2) is 4.74. The molecule has 0 aromatic heterocycles. The van der Waals surface area contributed by atoms with E-state index in [0.29, 0.717) is 12.8 Å². The quantitative estimate of drug-likeness (QED) is 0.656. The molecule has 0 bridgehead atoms. The summed E-state index contributed by atoms with van der Waals surface area (Å²) in [7, 11) is 0. The van der Waals surface area contributed by atoms with Crippen molar-refractivity contribution in [2.45, 2.75) is 26.7 Å². The summed E-state index contributed by atoms with van der Waals surface area (Å²) < 4.78 is 0. The van der Waals surface area contributed by atoms with Gasteiger partial charge >= 0.3 is 11.9 Å².